The van der Waals surface area contributed by atoms with Crippen LogP contribution in [0.15, 0.2) is 42.5 Å². The number of hydrogen-bond acceptors (Lipinski definition) is 7. The lowest BCUT2D eigenvalue weighted by Crippen LogP contribution is -2.34. The SMILES string of the molecule is CC1CCN(c2ccc([N+](=O)[O-])cc2C(=O)OCC(=O)Nc2cccc(N3CCCC3=O)c2)CC1. The maximum absolute atomic E-state index is 12.9. The molecule has 2 heterocycles. The molecular weight excluding hydrogens is 452 g/mol. The molecule has 2 aliphatic heterocycles. The number of nitrogens with zero attached hydrogens (tertiary/aromatic N) is 3. The van der Waals surface area contributed by atoms with Crippen LogP contribution >= 0.6 is 0 Å². The molecule has 0 spiro atoms. The molecule has 0 saturated carbocycles. The first-order valence-corrected chi connectivity index (χ1v) is 11.7. The van der Waals surface area contributed by atoms with E-state index in [4.69, 9.17) is 4.74 Å². The Labute approximate surface area is 203 Å². The quantitative estimate of drug-likeness (QED) is 0.364. The van der Waals surface area contributed by atoms with Crippen LogP contribution in [0, 0.1) is 16.0 Å². The third-order valence-electron chi connectivity index (χ3n) is 6.38. The molecule has 0 unspecified atom stereocenters. The average Bonchev–Trinajstić information content (AvgIpc) is 3.28. The zero-order valence-corrected chi connectivity index (χ0v) is 19.6. The molecule has 35 heavy (non-hydrogen) atoms. The van der Waals surface area contributed by atoms with Gasteiger partial charge in [0.05, 0.1) is 16.2 Å². The van der Waals surface area contributed by atoms with Crippen molar-refractivity contribution in [1.29, 1.82) is 0 Å². The Kier molecular flexibility index (Phi) is 7.28. The lowest BCUT2D eigenvalue weighted by atomic mass is 9.98. The normalized spacial score (nSPS) is 16.3. The van der Waals surface area contributed by atoms with E-state index in [1.807, 2.05) is 4.90 Å². The maximum Gasteiger partial charge on any atom is 0.341 e. The first-order valence-electron chi connectivity index (χ1n) is 11.7. The van der Waals surface area contributed by atoms with E-state index in [2.05, 4.69) is 12.2 Å². The smallest absolute Gasteiger partial charge is 0.341 e. The van der Waals surface area contributed by atoms with Gasteiger partial charge in [-0.15, -0.1) is 0 Å². The molecule has 4 rings (SSSR count). The van der Waals surface area contributed by atoms with Gasteiger partial charge in [-0.2, -0.15) is 0 Å². The van der Waals surface area contributed by atoms with Gasteiger partial charge in [0.2, 0.25) is 5.91 Å². The summed E-state index contributed by atoms with van der Waals surface area (Å²) in [6.45, 7) is 3.71. The summed E-state index contributed by atoms with van der Waals surface area (Å²) in [6, 6.07) is 11.0. The number of esters is 1. The number of rotatable bonds is 7. The number of nitrogens with one attached hydrogen (secondary N) is 1. The number of benzene rings is 2. The summed E-state index contributed by atoms with van der Waals surface area (Å²) in [5.41, 5.74) is 1.58. The van der Waals surface area contributed by atoms with Gasteiger partial charge in [0.15, 0.2) is 6.61 Å². The molecule has 2 aliphatic rings. The van der Waals surface area contributed by atoms with Crippen LogP contribution in [0.3, 0.4) is 0 Å². The molecule has 10 nitrogen and oxygen atoms in total. The minimum absolute atomic E-state index is 0.0401. The Balaban J connectivity index is 1.42. The third kappa shape index (κ3) is 5.76. The minimum atomic E-state index is -0.797. The van der Waals surface area contributed by atoms with Gasteiger partial charge in [0, 0.05) is 49.6 Å². The van der Waals surface area contributed by atoms with Gasteiger partial charge in [-0.25, -0.2) is 4.79 Å². The van der Waals surface area contributed by atoms with E-state index in [0.717, 1.165) is 32.4 Å². The van der Waals surface area contributed by atoms with Crippen LogP contribution < -0.4 is 15.1 Å². The summed E-state index contributed by atoms with van der Waals surface area (Å²) < 4.78 is 5.23. The monoisotopic (exact) mass is 480 g/mol. The molecule has 2 amide bonds. The number of amides is 2. The van der Waals surface area contributed by atoms with Crippen LogP contribution in [0.25, 0.3) is 0 Å². The molecule has 2 fully saturated rings. The maximum atomic E-state index is 12.9. The second-order valence-electron chi connectivity index (χ2n) is 8.95. The summed E-state index contributed by atoms with van der Waals surface area (Å²) in [6.07, 6.45) is 3.20. The van der Waals surface area contributed by atoms with Crippen molar-refractivity contribution in [3.63, 3.8) is 0 Å². The highest BCUT2D eigenvalue weighted by Gasteiger charge is 2.25. The predicted molar refractivity (Wildman–Crippen MR) is 131 cm³/mol. The number of anilines is 3. The van der Waals surface area contributed by atoms with Crippen LogP contribution in [-0.4, -0.2) is 48.9 Å². The van der Waals surface area contributed by atoms with Crippen molar-refractivity contribution in [3.8, 4) is 0 Å². The van der Waals surface area contributed by atoms with Crippen molar-refractivity contribution in [2.45, 2.75) is 32.6 Å². The number of nitro groups is 1. The van der Waals surface area contributed by atoms with Crippen molar-refractivity contribution >= 4 is 40.5 Å². The summed E-state index contributed by atoms with van der Waals surface area (Å²) in [5.74, 6) is -0.736. The Morgan fingerprint density at radius 1 is 1.14 bits per heavy atom. The second kappa shape index (κ2) is 10.5. The number of piperidine rings is 1. The van der Waals surface area contributed by atoms with E-state index in [9.17, 15) is 24.5 Å². The number of hydrogen-bond donors (Lipinski definition) is 1. The fourth-order valence-electron chi connectivity index (χ4n) is 4.40. The molecule has 2 aromatic carbocycles. The molecular formula is C25H28N4O6. The molecule has 1 N–H and O–H groups in total. The molecule has 2 aromatic rings. The van der Waals surface area contributed by atoms with Gasteiger partial charge in [-0.3, -0.25) is 19.7 Å². The van der Waals surface area contributed by atoms with Gasteiger partial charge in [0.25, 0.3) is 11.6 Å². The van der Waals surface area contributed by atoms with Gasteiger partial charge < -0.3 is 19.9 Å². The number of carbonyl (C=O) groups excluding carboxylic acids is 3. The standard InChI is InChI=1S/C25H28N4O6/c1-17-9-12-27(13-10-17)22-8-7-20(29(33)34)15-21(22)25(32)35-16-23(30)26-18-4-2-5-19(14-18)28-11-3-6-24(28)31/h2,4-5,7-8,14-15,17H,3,6,9-13,16H2,1H3,(H,26,30). The van der Waals surface area contributed by atoms with E-state index in [1.54, 1.807) is 35.2 Å². The summed E-state index contributed by atoms with van der Waals surface area (Å²) in [4.78, 5) is 51.7. The fraction of sp³-hybridized carbons (Fsp3) is 0.400. The van der Waals surface area contributed by atoms with Crippen molar-refractivity contribution in [2.24, 2.45) is 5.92 Å². The van der Waals surface area contributed by atoms with Gasteiger partial charge >= 0.3 is 5.97 Å². The highest BCUT2D eigenvalue weighted by molar-refractivity contribution is 6.00. The van der Waals surface area contributed by atoms with E-state index in [0.29, 0.717) is 35.9 Å². The van der Waals surface area contributed by atoms with Crippen molar-refractivity contribution < 1.29 is 24.0 Å². The number of carbonyl (C=O) groups is 3. The zero-order valence-electron chi connectivity index (χ0n) is 19.6. The number of ether oxygens (including phenoxy) is 1. The first-order chi connectivity index (χ1) is 16.8. The van der Waals surface area contributed by atoms with Crippen LogP contribution in [0.5, 0.6) is 0 Å². The molecule has 0 atom stereocenters. The zero-order chi connectivity index (χ0) is 24.9. The second-order valence-corrected chi connectivity index (χ2v) is 8.95. The lowest BCUT2D eigenvalue weighted by molar-refractivity contribution is -0.384. The van der Waals surface area contributed by atoms with Crippen LogP contribution in [0.4, 0.5) is 22.7 Å². The van der Waals surface area contributed by atoms with Gasteiger partial charge in [-0.05, 0) is 49.4 Å². The van der Waals surface area contributed by atoms with Crippen LogP contribution in [0.1, 0.15) is 43.0 Å². The summed E-state index contributed by atoms with van der Waals surface area (Å²) in [5, 5.41) is 13.9. The van der Waals surface area contributed by atoms with Crippen LogP contribution in [-0.2, 0) is 14.3 Å². The lowest BCUT2D eigenvalue weighted by Gasteiger charge is -2.33. The highest BCUT2D eigenvalue weighted by Crippen LogP contribution is 2.30. The average molecular weight is 481 g/mol. The number of non-ortho nitro benzene ring substituents is 1. The molecule has 2 saturated heterocycles. The highest BCUT2D eigenvalue weighted by atomic mass is 16.6. The molecule has 0 aromatic heterocycles. The van der Waals surface area contributed by atoms with Gasteiger partial charge in [0.1, 0.15) is 0 Å². The van der Waals surface area contributed by atoms with Crippen molar-refractivity contribution in [3.05, 3.63) is 58.1 Å². The minimum Gasteiger partial charge on any atom is -0.452 e. The Bertz CT molecular complexity index is 1140. The Hall–Kier alpha value is -3.95. The van der Waals surface area contributed by atoms with Crippen LogP contribution in [0.2, 0.25) is 0 Å². The van der Waals surface area contributed by atoms with Crippen molar-refractivity contribution in [1.82, 2.24) is 0 Å². The summed E-state index contributed by atoms with van der Waals surface area (Å²) in [7, 11) is 0. The number of nitro benzene ring substituents is 1. The van der Waals surface area contributed by atoms with Gasteiger partial charge in [-0.1, -0.05) is 13.0 Å². The predicted octanol–water partition coefficient (Wildman–Crippen LogP) is 3.75. The van der Waals surface area contributed by atoms with E-state index >= 15 is 0 Å². The Morgan fingerprint density at radius 3 is 2.60 bits per heavy atom. The topological polar surface area (TPSA) is 122 Å². The molecule has 0 radical (unpaired) electrons. The molecule has 0 bridgehead atoms. The van der Waals surface area contributed by atoms with Crippen molar-refractivity contribution in [2.75, 3.05) is 41.4 Å². The molecule has 184 valence electrons. The largest absolute Gasteiger partial charge is 0.452 e. The first kappa shape index (κ1) is 24.2. The van der Waals surface area contributed by atoms with E-state index in [-0.39, 0.29) is 17.2 Å². The Morgan fingerprint density at radius 2 is 1.91 bits per heavy atom. The molecule has 0 aliphatic carbocycles. The van der Waals surface area contributed by atoms with E-state index < -0.39 is 23.4 Å². The third-order valence-corrected chi connectivity index (χ3v) is 6.38. The molecule has 10 heteroatoms. The fourth-order valence-corrected chi connectivity index (χ4v) is 4.40. The van der Waals surface area contributed by atoms with E-state index in [1.165, 1.54) is 12.1 Å². The summed E-state index contributed by atoms with van der Waals surface area (Å²) >= 11 is 0.